The van der Waals surface area contributed by atoms with Crippen molar-refractivity contribution in [3.8, 4) is 0 Å². The third-order valence-corrected chi connectivity index (χ3v) is 5.56. The Bertz CT molecular complexity index is 994. The Labute approximate surface area is 166 Å². The average molecular weight is 456 g/mol. The Morgan fingerprint density at radius 3 is 2.68 bits per heavy atom. The quantitative estimate of drug-likeness (QED) is 0.625. The van der Waals surface area contributed by atoms with Crippen molar-refractivity contribution in [2.75, 3.05) is 11.9 Å². The number of halogens is 4. The zero-order chi connectivity index (χ0) is 19.9. The Balaban J connectivity index is 1.71. The second kappa shape index (κ2) is 7.00. The van der Waals surface area contributed by atoms with Crippen LogP contribution in [-0.4, -0.2) is 37.3 Å². The van der Waals surface area contributed by atoms with E-state index in [-0.39, 0.29) is 11.5 Å². The van der Waals surface area contributed by atoms with Crippen LogP contribution in [-0.2, 0) is 11.6 Å². The van der Waals surface area contributed by atoms with Gasteiger partial charge in [-0.2, -0.15) is 22.8 Å². The zero-order valence-corrected chi connectivity index (χ0v) is 16.2. The van der Waals surface area contributed by atoms with E-state index < -0.39 is 23.4 Å². The molecule has 1 saturated carbocycles. The van der Waals surface area contributed by atoms with Crippen LogP contribution in [0.3, 0.4) is 0 Å². The van der Waals surface area contributed by atoms with Gasteiger partial charge < -0.3 is 10.4 Å². The van der Waals surface area contributed by atoms with Crippen molar-refractivity contribution >= 4 is 27.4 Å². The number of nitrogens with zero attached hydrogens (tertiary/aromatic N) is 4. The maximum atomic E-state index is 13.3. The van der Waals surface area contributed by atoms with Crippen molar-refractivity contribution in [2.24, 2.45) is 0 Å². The van der Waals surface area contributed by atoms with Crippen LogP contribution in [0.4, 0.5) is 19.0 Å². The highest BCUT2D eigenvalue weighted by atomic mass is 79.9. The van der Waals surface area contributed by atoms with Crippen molar-refractivity contribution < 1.29 is 18.3 Å². The maximum absolute atomic E-state index is 13.3. The van der Waals surface area contributed by atoms with Gasteiger partial charge in [0.05, 0.1) is 6.10 Å². The molecular weight excluding hydrogens is 439 g/mol. The highest BCUT2D eigenvalue weighted by Crippen LogP contribution is 2.41. The van der Waals surface area contributed by atoms with Gasteiger partial charge in [0.1, 0.15) is 10.4 Å². The second-order valence-corrected chi connectivity index (χ2v) is 7.84. The summed E-state index contributed by atoms with van der Waals surface area (Å²) in [5, 5.41) is 17.4. The van der Waals surface area contributed by atoms with Crippen molar-refractivity contribution in [1.82, 2.24) is 19.6 Å². The number of aliphatic hydroxyl groups is 1. The predicted molar refractivity (Wildman–Crippen MR) is 100.0 cm³/mol. The second-order valence-electron chi connectivity index (χ2n) is 7.03. The van der Waals surface area contributed by atoms with Crippen LogP contribution in [0.25, 0.3) is 5.65 Å². The van der Waals surface area contributed by atoms with Crippen LogP contribution in [0.5, 0.6) is 0 Å². The molecule has 0 radical (unpaired) electrons. The van der Waals surface area contributed by atoms with Gasteiger partial charge in [0.15, 0.2) is 11.3 Å². The molecule has 6 nitrogen and oxygen atoms in total. The number of alkyl halides is 3. The molecule has 2 atom stereocenters. The molecule has 3 aromatic heterocycles. The molecule has 148 valence electrons. The van der Waals surface area contributed by atoms with E-state index in [0.29, 0.717) is 30.4 Å². The number of hydrogen-bond acceptors (Lipinski definition) is 5. The van der Waals surface area contributed by atoms with Gasteiger partial charge in [-0.1, -0.05) is 0 Å². The van der Waals surface area contributed by atoms with Crippen LogP contribution in [0.1, 0.15) is 30.5 Å². The molecule has 3 aromatic rings. The number of rotatable bonds is 4. The highest BCUT2D eigenvalue weighted by Gasteiger charge is 2.40. The molecule has 0 amide bonds. The lowest BCUT2D eigenvalue weighted by Gasteiger charge is -2.30. The van der Waals surface area contributed by atoms with Gasteiger partial charge in [-0.3, -0.25) is 4.98 Å². The first-order chi connectivity index (χ1) is 13.3. The van der Waals surface area contributed by atoms with Crippen LogP contribution < -0.4 is 5.32 Å². The Morgan fingerprint density at radius 1 is 1.29 bits per heavy atom. The van der Waals surface area contributed by atoms with Gasteiger partial charge in [0, 0.05) is 36.5 Å². The SMILES string of the molecule is O[C@H]1CC[C@@](CNc2cc(C(F)(F)F)nc3cc(Br)nn23)(c2ccncc2)C1. The standard InChI is InChI=1S/C18H17BrF3N5O/c19-14-8-16-25-13(18(20,21)22)7-15(27(16)26-14)24-10-17(4-1-12(28)9-17)11-2-5-23-6-3-11/h2-3,5-8,12,24,28H,1,4,9-10H2/t12-,17+/m0/s1. The molecule has 0 unspecified atom stereocenters. The monoisotopic (exact) mass is 455 g/mol. The van der Waals surface area contributed by atoms with E-state index >= 15 is 0 Å². The van der Waals surface area contributed by atoms with Crippen molar-refractivity contribution in [1.29, 1.82) is 0 Å². The molecule has 0 aliphatic heterocycles. The van der Waals surface area contributed by atoms with Crippen LogP contribution in [0, 0.1) is 0 Å². The van der Waals surface area contributed by atoms with E-state index in [0.717, 1.165) is 11.6 Å². The molecule has 1 fully saturated rings. The van der Waals surface area contributed by atoms with E-state index in [2.05, 4.69) is 36.3 Å². The molecule has 2 N–H and O–H groups in total. The molecule has 0 aromatic carbocycles. The Kier molecular flexibility index (Phi) is 4.78. The van der Waals surface area contributed by atoms with Gasteiger partial charge in [-0.25, -0.2) is 4.98 Å². The van der Waals surface area contributed by atoms with Gasteiger partial charge in [-0.05, 0) is 52.9 Å². The van der Waals surface area contributed by atoms with Gasteiger partial charge in [-0.15, -0.1) is 0 Å². The predicted octanol–water partition coefficient (Wildman–Crippen LogP) is 3.80. The zero-order valence-electron chi connectivity index (χ0n) is 14.6. The van der Waals surface area contributed by atoms with Crippen LogP contribution in [0.15, 0.2) is 41.3 Å². The molecule has 0 saturated heterocycles. The summed E-state index contributed by atoms with van der Waals surface area (Å²) in [6.45, 7) is 0.349. The highest BCUT2D eigenvalue weighted by molar-refractivity contribution is 9.10. The topological polar surface area (TPSA) is 75.3 Å². The van der Waals surface area contributed by atoms with E-state index in [9.17, 15) is 18.3 Å². The largest absolute Gasteiger partial charge is 0.433 e. The van der Waals surface area contributed by atoms with E-state index in [1.165, 1.54) is 10.6 Å². The van der Waals surface area contributed by atoms with Gasteiger partial charge in [0.2, 0.25) is 0 Å². The first-order valence-corrected chi connectivity index (χ1v) is 9.52. The summed E-state index contributed by atoms with van der Waals surface area (Å²) >= 11 is 3.19. The normalized spacial score (nSPS) is 22.7. The first-order valence-electron chi connectivity index (χ1n) is 8.73. The van der Waals surface area contributed by atoms with Crippen LogP contribution >= 0.6 is 15.9 Å². The van der Waals surface area contributed by atoms with Gasteiger partial charge >= 0.3 is 6.18 Å². The number of hydrogen-bond donors (Lipinski definition) is 2. The Morgan fingerprint density at radius 2 is 2.04 bits per heavy atom. The van der Waals surface area contributed by atoms with Crippen LogP contribution in [0.2, 0.25) is 0 Å². The minimum Gasteiger partial charge on any atom is -0.393 e. The number of anilines is 1. The molecule has 3 heterocycles. The fourth-order valence-electron chi connectivity index (χ4n) is 3.81. The minimum absolute atomic E-state index is 0.0913. The smallest absolute Gasteiger partial charge is 0.393 e. The van der Waals surface area contributed by atoms with Crippen molar-refractivity contribution in [2.45, 2.75) is 37.0 Å². The number of aliphatic hydroxyl groups excluding tert-OH is 1. The fourth-order valence-corrected chi connectivity index (χ4v) is 4.17. The average Bonchev–Trinajstić information content (AvgIpc) is 3.22. The lowest BCUT2D eigenvalue weighted by atomic mass is 9.79. The molecule has 28 heavy (non-hydrogen) atoms. The Hall–Kier alpha value is -2.20. The van der Waals surface area contributed by atoms with Crippen molar-refractivity contribution in [3.63, 3.8) is 0 Å². The van der Waals surface area contributed by atoms with E-state index in [1.54, 1.807) is 12.4 Å². The number of aromatic nitrogens is 4. The number of fused-ring (bicyclic) bond motifs is 1. The third kappa shape index (κ3) is 3.58. The molecule has 0 spiro atoms. The van der Waals surface area contributed by atoms with E-state index in [4.69, 9.17) is 0 Å². The molecule has 1 aliphatic rings. The molecular formula is C18H17BrF3N5O. The minimum atomic E-state index is -4.57. The molecule has 1 aliphatic carbocycles. The summed E-state index contributed by atoms with van der Waals surface area (Å²) < 4.78 is 41.5. The molecule has 0 bridgehead atoms. The summed E-state index contributed by atoms with van der Waals surface area (Å²) in [5.41, 5.74) is -0.303. The fraction of sp³-hybridized carbons (Fsp3) is 0.389. The number of nitrogens with one attached hydrogen (secondary N) is 1. The summed E-state index contributed by atoms with van der Waals surface area (Å²) in [6.07, 6.45) is 0.217. The summed E-state index contributed by atoms with van der Waals surface area (Å²) in [4.78, 5) is 7.68. The maximum Gasteiger partial charge on any atom is 0.433 e. The lowest BCUT2D eigenvalue weighted by Crippen LogP contribution is -2.33. The van der Waals surface area contributed by atoms with Crippen molar-refractivity contribution in [3.05, 3.63) is 52.5 Å². The molecule has 4 rings (SSSR count). The number of pyridine rings is 1. The third-order valence-electron chi connectivity index (χ3n) is 5.17. The van der Waals surface area contributed by atoms with E-state index in [1.807, 2.05) is 12.1 Å². The summed E-state index contributed by atoms with van der Waals surface area (Å²) in [6, 6.07) is 6.15. The summed E-state index contributed by atoms with van der Waals surface area (Å²) in [7, 11) is 0. The van der Waals surface area contributed by atoms with Gasteiger partial charge in [0.25, 0.3) is 0 Å². The lowest BCUT2D eigenvalue weighted by molar-refractivity contribution is -0.141. The molecule has 10 heteroatoms. The first kappa shape index (κ1) is 19.1. The summed E-state index contributed by atoms with van der Waals surface area (Å²) in [5.74, 6) is 0.192.